The molecule has 23 heavy (non-hydrogen) atoms. The lowest BCUT2D eigenvalue weighted by molar-refractivity contribution is 0.604. The molecule has 0 radical (unpaired) electrons. The summed E-state index contributed by atoms with van der Waals surface area (Å²) in [6.45, 7) is 0.997. The zero-order chi connectivity index (χ0) is 16.5. The number of guanidine groups is 1. The monoisotopic (exact) mass is 310 g/mol. The minimum Gasteiger partial charge on any atom is -0.356 e. The molecule has 0 unspecified atom stereocenters. The number of halogens is 1. The Balaban J connectivity index is 1.85. The van der Waals surface area contributed by atoms with E-state index in [0.29, 0.717) is 17.1 Å². The van der Waals surface area contributed by atoms with E-state index in [1.807, 2.05) is 24.3 Å². The molecule has 0 aliphatic carbocycles. The summed E-state index contributed by atoms with van der Waals surface area (Å²) in [5.41, 5.74) is 2.12. The molecule has 0 aliphatic rings. The fourth-order valence-electron chi connectivity index (χ4n) is 2.15. The van der Waals surface area contributed by atoms with Crippen molar-refractivity contribution in [3.05, 3.63) is 71.0 Å². The van der Waals surface area contributed by atoms with Gasteiger partial charge in [-0.25, -0.2) is 4.39 Å². The smallest absolute Gasteiger partial charge is 0.191 e. The van der Waals surface area contributed by atoms with Crippen LogP contribution in [0.3, 0.4) is 0 Å². The van der Waals surface area contributed by atoms with Crippen molar-refractivity contribution in [3.8, 4) is 6.07 Å². The van der Waals surface area contributed by atoms with Crippen LogP contribution in [0.2, 0.25) is 0 Å². The number of nitrogens with one attached hydrogen (secondary N) is 2. The van der Waals surface area contributed by atoms with Crippen LogP contribution < -0.4 is 10.6 Å². The first-order valence-corrected chi connectivity index (χ1v) is 7.40. The lowest BCUT2D eigenvalue weighted by Crippen LogP contribution is -2.38. The van der Waals surface area contributed by atoms with Gasteiger partial charge in [0.1, 0.15) is 5.82 Å². The third-order valence-electron chi connectivity index (χ3n) is 3.39. The molecule has 0 aromatic heterocycles. The molecule has 0 saturated heterocycles. The first-order valence-electron chi connectivity index (χ1n) is 7.40. The molecule has 4 nitrogen and oxygen atoms in total. The van der Waals surface area contributed by atoms with E-state index in [9.17, 15) is 4.39 Å². The van der Waals surface area contributed by atoms with Crippen LogP contribution in [0.25, 0.3) is 0 Å². The highest BCUT2D eigenvalue weighted by Gasteiger charge is 2.05. The Bertz CT molecular complexity index is 705. The van der Waals surface area contributed by atoms with E-state index in [1.165, 1.54) is 17.7 Å². The molecule has 0 heterocycles. The minimum atomic E-state index is -0.337. The second-order valence-corrected chi connectivity index (χ2v) is 5.01. The maximum atomic E-state index is 13.7. The fraction of sp³-hybridized carbons (Fsp3) is 0.222. The number of benzene rings is 2. The highest BCUT2D eigenvalue weighted by Crippen LogP contribution is 2.09. The van der Waals surface area contributed by atoms with E-state index in [-0.39, 0.29) is 12.4 Å². The average Bonchev–Trinajstić information content (AvgIpc) is 2.60. The normalized spacial score (nSPS) is 10.9. The van der Waals surface area contributed by atoms with Crippen molar-refractivity contribution < 1.29 is 4.39 Å². The molecule has 0 spiro atoms. The first kappa shape index (κ1) is 16.5. The first-order chi connectivity index (χ1) is 11.2. The highest BCUT2D eigenvalue weighted by molar-refractivity contribution is 5.79. The molecule has 118 valence electrons. The molecule has 0 fully saturated rings. The van der Waals surface area contributed by atoms with Crippen LogP contribution in [0.5, 0.6) is 0 Å². The zero-order valence-electron chi connectivity index (χ0n) is 13.0. The maximum Gasteiger partial charge on any atom is 0.191 e. The lowest BCUT2D eigenvalue weighted by Gasteiger charge is -2.12. The van der Waals surface area contributed by atoms with Gasteiger partial charge < -0.3 is 10.6 Å². The van der Waals surface area contributed by atoms with E-state index in [4.69, 9.17) is 5.26 Å². The molecule has 2 N–H and O–H groups in total. The molecule has 2 rings (SSSR count). The van der Waals surface area contributed by atoms with Gasteiger partial charge in [-0.1, -0.05) is 30.3 Å². The Morgan fingerprint density at radius 2 is 1.96 bits per heavy atom. The predicted molar refractivity (Wildman–Crippen MR) is 89.5 cm³/mol. The van der Waals surface area contributed by atoms with Crippen molar-refractivity contribution in [1.29, 1.82) is 5.26 Å². The van der Waals surface area contributed by atoms with Crippen molar-refractivity contribution in [2.45, 2.75) is 13.0 Å². The quantitative estimate of drug-likeness (QED) is 0.659. The van der Waals surface area contributed by atoms with Gasteiger partial charge in [-0.2, -0.15) is 5.26 Å². The van der Waals surface area contributed by atoms with Gasteiger partial charge in [0.15, 0.2) is 5.96 Å². The third kappa shape index (κ3) is 5.11. The van der Waals surface area contributed by atoms with E-state index >= 15 is 0 Å². The molecule has 0 saturated carbocycles. The number of hydrogen-bond acceptors (Lipinski definition) is 2. The van der Waals surface area contributed by atoms with E-state index in [0.717, 1.165) is 13.0 Å². The largest absolute Gasteiger partial charge is 0.356 e. The summed E-state index contributed by atoms with van der Waals surface area (Å²) in [5.74, 6) is 0.263. The summed E-state index contributed by atoms with van der Waals surface area (Å²) < 4.78 is 13.7. The standard InChI is InChI=1S/C18H19FN4/c1-21-18(22-10-9-14-5-3-2-4-6-14)23-13-16-11-15(12-20)7-8-17(16)19/h2-8,11H,9-10,13H2,1H3,(H2,21,22,23). The fourth-order valence-corrected chi connectivity index (χ4v) is 2.15. The Morgan fingerprint density at radius 1 is 1.17 bits per heavy atom. The van der Waals surface area contributed by atoms with Gasteiger partial charge in [0.2, 0.25) is 0 Å². The van der Waals surface area contributed by atoms with Gasteiger partial charge in [-0.3, -0.25) is 4.99 Å². The van der Waals surface area contributed by atoms with Gasteiger partial charge in [-0.15, -0.1) is 0 Å². The topological polar surface area (TPSA) is 60.2 Å². The SMILES string of the molecule is CN=C(NCCc1ccccc1)NCc1cc(C#N)ccc1F. The minimum absolute atomic E-state index is 0.270. The summed E-state index contributed by atoms with van der Waals surface area (Å²) in [4.78, 5) is 4.11. The van der Waals surface area contributed by atoms with Crippen molar-refractivity contribution in [1.82, 2.24) is 10.6 Å². The number of nitriles is 1. The molecule has 0 amide bonds. The summed E-state index contributed by atoms with van der Waals surface area (Å²) >= 11 is 0. The Hall–Kier alpha value is -2.87. The van der Waals surface area contributed by atoms with Crippen LogP contribution in [-0.4, -0.2) is 19.6 Å². The summed E-state index contributed by atoms with van der Waals surface area (Å²) in [5, 5.41) is 15.1. The van der Waals surface area contributed by atoms with E-state index in [2.05, 4.69) is 27.8 Å². The van der Waals surface area contributed by atoms with Gasteiger partial charge in [0, 0.05) is 25.7 Å². The van der Waals surface area contributed by atoms with Gasteiger partial charge in [0.25, 0.3) is 0 Å². The average molecular weight is 310 g/mol. The van der Waals surface area contributed by atoms with Gasteiger partial charge in [0.05, 0.1) is 11.6 Å². The Kier molecular flexibility index (Phi) is 6.13. The molecule has 5 heteroatoms. The van der Waals surface area contributed by atoms with E-state index < -0.39 is 0 Å². The van der Waals surface area contributed by atoms with Crippen LogP contribution in [0.4, 0.5) is 4.39 Å². The molecule has 2 aromatic rings. The molecule has 2 aromatic carbocycles. The Labute approximate surface area is 135 Å². The van der Waals surface area contributed by atoms with Crippen LogP contribution in [0.15, 0.2) is 53.5 Å². The molecular weight excluding hydrogens is 291 g/mol. The Morgan fingerprint density at radius 3 is 2.65 bits per heavy atom. The number of nitrogens with zero attached hydrogens (tertiary/aromatic N) is 2. The van der Waals surface area contributed by atoms with Crippen molar-refractivity contribution in [2.75, 3.05) is 13.6 Å². The molecule has 0 atom stereocenters. The van der Waals surface area contributed by atoms with E-state index in [1.54, 1.807) is 13.1 Å². The maximum absolute atomic E-state index is 13.7. The third-order valence-corrected chi connectivity index (χ3v) is 3.39. The predicted octanol–water partition coefficient (Wildman–Crippen LogP) is 2.61. The van der Waals surface area contributed by atoms with Gasteiger partial charge >= 0.3 is 0 Å². The molecule has 0 bridgehead atoms. The van der Waals surface area contributed by atoms with Crippen molar-refractivity contribution in [3.63, 3.8) is 0 Å². The van der Waals surface area contributed by atoms with Gasteiger partial charge in [-0.05, 0) is 30.2 Å². The van der Waals surface area contributed by atoms with Crippen molar-refractivity contribution >= 4 is 5.96 Å². The summed E-state index contributed by atoms with van der Waals surface area (Å²) in [7, 11) is 1.67. The van der Waals surface area contributed by atoms with Crippen LogP contribution in [0, 0.1) is 17.1 Å². The number of hydrogen-bond donors (Lipinski definition) is 2. The van der Waals surface area contributed by atoms with Crippen LogP contribution in [-0.2, 0) is 13.0 Å². The van der Waals surface area contributed by atoms with Crippen LogP contribution in [0.1, 0.15) is 16.7 Å². The number of rotatable bonds is 5. The number of aliphatic imine (C=N–C) groups is 1. The second-order valence-electron chi connectivity index (χ2n) is 5.01. The molecular formula is C18H19FN4. The van der Waals surface area contributed by atoms with Crippen LogP contribution >= 0.6 is 0 Å². The second kappa shape index (κ2) is 8.54. The zero-order valence-corrected chi connectivity index (χ0v) is 13.0. The summed E-state index contributed by atoms with van der Waals surface area (Å²) in [6.07, 6.45) is 0.875. The van der Waals surface area contributed by atoms with Crippen molar-refractivity contribution in [2.24, 2.45) is 4.99 Å². The molecule has 0 aliphatic heterocycles. The highest BCUT2D eigenvalue weighted by atomic mass is 19.1. The lowest BCUT2D eigenvalue weighted by atomic mass is 10.1. The summed E-state index contributed by atoms with van der Waals surface area (Å²) in [6, 6.07) is 16.5.